The van der Waals surface area contributed by atoms with E-state index in [9.17, 15) is 9.18 Å². The summed E-state index contributed by atoms with van der Waals surface area (Å²) in [6.45, 7) is 6.21. The van der Waals surface area contributed by atoms with E-state index in [1.54, 1.807) is 13.0 Å². The van der Waals surface area contributed by atoms with Gasteiger partial charge in [0.1, 0.15) is 22.8 Å². The maximum Gasteiger partial charge on any atom is 0.257 e. The van der Waals surface area contributed by atoms with Crippen LogP contribution in [0.3, 0.4) is 0 Å². The second-order valence-corrected chi connectivity index (χ2v) is 7.21. The van der Waals surface area contributed by atoms with Crippen molar-refractivity contribution in [1.82, 2.24) is 15.8 Å². The summed E-state index contributed by atoms with van der Waals surface area (Å²) in [5.74, 6) is -0.532. The molecule has 5 nitrogen and oxygen atoms in total. The lowest BCUT2D eigenvalue weighted by molar-refractivity contribution is 0.0921. The van der Waals surface area contributed by atoms with E-state index in [1.807, 2.05) is 0 Å². The molecule has 1 aromatic carbocycles. The van der Waals surface area contributed by atoms with Crippen LogP contribution in [0, 0.1) is 18.2 Å². The monoisotopic (exact) mass is 365 g/mol. The third-order valence-corrected chi connectivity index (χ3v) is 5.09. The molecule has 1 aliphatic rings. The van der Waals surface area contributed by atoms with Gasteiger partial charge in [0.05, 0.1) is 10.6 Å². The van der Waals surface area contributed by atoms with Gasteiger partial charge in [0.15, 0.2) is 0 Å². The van der Waals surface area contributed by atoms with Crippen molar-refractivity contribution in [2.45, 2.75) is 26.7 Å². The highest BCUT2D eigenvalue weighted by molar-refractivity contribution is 6.33. The maximum atomic E-state index is 14.2. The van der Waals surface area contributed by atoms with E-state index < -0.39 is 5.82 Å². The average molecular weight is 366 g/mol. The molecule has 2 N–H and O–H groups in total. The lowest BCUT2D eigenvalue weighted by atomic mass is 9.81. The molecule has 0 aliphatic carbocycles. The van der Waals surface area contributed by atoms with Crippen LogP contribution < -0.4 is 10.6 Å². The van der Waals surface area contributed by atoms with E-state index >= 15 is 0 Å². The molecule has 0 atom stereocenters. The number of carbonyl (C=O) groups is 1. The van der Waals surface area contributed by atoms with Gasteiger partial charge in [-0.2, -0.15) is 0 Å². The molecule has 0 spiro atoms. The smallest absolute Gasteiger partial charge is 0.257 e. The Morgan fingerprint density at radius 1 is 1.44 bits per heavy atom. The molecule has 0 saturated carbocycles. The second-order valence-electron chi connectivity index (χ2n) is 6.80. The number of aryl methyl sites for hydroxylation is 1. The predicted molar refractivity (Wildman–Crippen MR) is 94.2 cm³/mol. The van der Waals surface area contributed by atoms with Crippen LogP contribution in [-0.4, -0.2) is 30.7 Å². The van der Waals surface area contributed by atoms with Crippen LogP contribution in [0.15, 0.2) is 22.7 Å². The van der Waals surface area contributed by atoms with Crippen LogP contribution in [-0.2, 0) is 0 Å². The van der Waals surface area contributed by atoms with Gasteiger partial charge in [-0.05, 0) is 50.4 Å². The van der Waals surface area contributed by atoms with E-state index in [-0.39, 0.29) is 33.2 Å². The molecular formula is C18H21ClFN3O2. The number of benzene rings is 1. The minimum absolute atomic E-state index is 0.0434. The molecule has 3 rings (SSSR count). The second kappa shape index (κ2) is 7.14. The molecule has 1 aliphatic heterocycles. The molecule has 0 bridgehead atoms. The third kappa shape index (κ3) is 3.70. The summed E-state index contributed by atoms with van der Waals surface area (Å²) in [4.78, 5) is 12.7. The van der Waals surface area contributed by atoms with E-state index in [2.05, 4.69) is 22.7 Å². The molecular weight excluding hydrogens is 345 g/mol. The number of hydrogen-bond acceptors (Lipinski definition) is 4. The third-order valence-electron chi connectivity index (χ3n) is 4.78. The Morgan fingerprint density at radius 3 is 2.84 bits per heavy atom. The summed E-state index contributed by atoms with van der Waals surface area (Å²) in [5.41, 5.74) is 0.485. The molecule has 2 heterocycles. The summed E-state index contributed by atoms with van der Waals surface area (Å²) in [5, 5.41) is 10.3. The largest absolute Gasteiger partial charge is 0.360 e. The number of hydrogen-bond donors (Lipinski definition) is 2. The lowest BCUT2D eigenvalue weighted by Gasteiger charge is -2.34. The van der Waals surface area contributed by atoms with Gasteiger partial charge in [0.25, 0.3) is 5.91 Å². The molecule has 7 heteroatoms. The SMILES string of the molecule is Cc1onc(-c2c(F)cccc2Cl)c1C(=O)NCC1(C)CCNCC1. The van der Waals surface area contributed by atoms with Gasteiger partial charge >= 0.3 is 0 Å². The van der Waals surface area contributed by atoms with Gasteiger partial charge < -0.3 is 15.2 Å². The molecule has 0 radical (unpaired) electrons. The fraction of sp³-hybridized carbons (Fsp3) is 0.444. The van der Waals surface area contributed by atoms with Crippen LogP contribution in [0.25, 0.3) is 11.3 Å². The van der Waals surface area contributed by atoms with Gasteiger partial charge in [0.2, 0.25) is 0 Å². The summed E-state index contributed by atoms with van der Waals surface area (Å²) in [6, 6.07) is 4.34. The molecule has 134 valence electrons. The Labute approximate surface area is 150 Å². The molecule has 1 aromatic heterocycles. The van der Waals surface area contributed by atoms with Crippen molar-refractivity contribution in [1.29, 1.82) is 0 Å². The first-order valence-electron chi connectivity index (χ1n) is 8.31. The van der Waals surface area contributed by atoms with E-state index in [0.717, 1.165) is 25.9 Å². The summed E-state index contributed by atoms with van der Waals surface area (Å²) in [6.07, 6.45) is 1.98. The highest BCUT2D eigenvalue weighted by atomic mass is 35.5. The zero-order valence-corrected chi connectivity index (χ0v) is 15.0. The van der Waals surface area contributed by atoms with Crippen molar-refractivity contribution in [3.8, 4) is 11.3 Å². The van der Waals surface area contributed by atoms with E-state index in [1.165, 1.54) is 12.1 Å². The van der Waals surface area contributed by atoms with Crippen LogP contribution in [0.2, 0.25) is 5.02 Å². The minimum atomic E-state index is -0.542. The number of halogens is 2. The highest BCUT2D eigenvalue weighted by Gasteiger charge is 2.30. The first-order valence-corrected chi connectivity index (χ1v) is 8.69. The molecule has 1 amide bonds. The van der Waals surface area contributed by atoms with Crippen molar-refractivity contribution in [3.05, 3.63) is 40.4 Å². The van der Waals surface area contributed by atoms with Crippen molar-refractivity contribution in [3.63, 3.8) is 0 Å². The number of nitrogens with one attached hydrogen (secondary N) is 2. The number of nitrogens with zero attached hydrogens (tertiary/aromatic N) is 1. The molecule has 2 aromatic rings. The zero-order valence-electron chi connectivity index (χ0n) is 14.3. The summed E-state index contributed by atoms with van der Waals surface area (Å²) >= 11 is 6.11. The van der Waals surface area contributed by atoms with Crippen molar-refractivity contribution in [2.75, 3.05) is 19.6 Å². The fourth-order valence-corrected chi connectivity index (χ4v) is 3.38. The van der Waals surface area contributed by atoms with Gasteiger partial charge in [-0.25, -0.2) is 4.39 Å². The van der Waals surface area contributed by atoms with Gasteiger partial charge in [-0.15, -0.1) is 0 Å². The lowest BCUT2D eigenvalue weighted by Crippen LogP contribution is -2.43. The number of piperidine rings is 1. The van der Waals surface area contributed by atoms with Crippen molar-refractivity contribution in [2.24, 2.45) is 5.41 Å². The van der Waals surface area contributed by atoms with E-state index in [0.29, 0.717) is 12.3 Å². The number of rotatable bonds is 4. The molecule has 1 fully saturated rings. The van der Waals surface area contributed by atoms with Gasteiger partial charge in [-0.3, -0.25) is 4.79 Å². The van der Waals surface area contributed by atoms with Crippen LogP contribution in [0.1, 0.15) is 35.9 Å². The first-order chi connectivity index (χ1) is 11.9. The van der Waals surface area contributed by atoms with Gasteiger partial charge in [0, 0.05) is 6.54 Å². The molecule has 0 unspecified atom stereocenters. The van der Waals surface area contributed by atoms with Crippen molar-refractivity contribution < 1.29 is 13.7 Å². The molecule has 25 heavy (non-hydrogen) atoms. The van der Waals surface area contributed by atoms with E-state index in [4.69, 9.17) is 16.1 Å². The minimum Gasteiger partial charge on any atom is -0.360 e. The topological polar surface area (TPSA) is 67.2 Å². The Bertz CT molecular complexity index is 764. The van der Waals surface area contributed by atoms with Crippen LogP contribution in [0.5, 0.6) is 0 Å². The average Bonchev–Trinajstić information content (AvgIpc) is 2.95. The predicted octanol–water partition coefficient (Wildman–Crippen LogP) is 3.56. The van der Waals surface area contributed by atoms with Crippen LogP contribution >= 0.6 is 11.6 Å². The first kappa shape index (κ1) is 17.9. The standard InChI is InChI=1S/C18H21ClFN3O2/c1-11-14(17(24)22-10-18(2)6-8-21-9-7-18)16(23-25-11)15-12(19)4-3-5-13(15)20/h3-5,21H,6-10H2,1-2H3,(H,22,24). The number of amides is 1. The van der Waals surface area contributed by atoms with Crippen molar-refractivity contribution >= 4 is 17.5 Å². The number of aromatic nitrogens is 1. The Balaban J connectivity index is 1.85. The summed E-state index contributed by atoms with van der Waals surface area (Å²) < 4.78 is 19.4. The highest BCUT2D eigenvalue weighted by Crippen LogP contribution is 2.33. The Hall–Kier alpha value is -1.92. The molecule has 1 saturated heterocycles. The van der Waals surface area contributed by atoms with Gasteiger partial charge in [-0.1, -0.05) is 29.7 Å². The maximum absolute atomic E-state index is 14.2. The quantitative estimate of drug-likeness (QED) is 0.869. The Morgan fingerprint density at radius 2 is 2.16 bits per heavy atom. The fourth-order valence-electron chi connectivity index (χ4n) is 3.12. The normalized spacial score (nSPS) is 16.6. The number of carbonyl (C=O) groups excluding carboxylic acids is 1. The Kier molecular flexibility index (Phi) is 5.11. The zero-order chi connectivity index (χ0) is 18.0. The van der Waals surface area contributed by atoms with Crippen LogP contribution in [0.4, 0.5) is 4.39 Å². The summed E-state index contributed by atoms with van der Waals surface area (Å²) in [7, 11) is 0.